The van der Waals surface area contributed by atoms with Crippen LogP contribution >= 0.6 is 23.2 Å². The Labute approximate surface area is 171 Å². The maximum absolute atomic E-state index is 12.4. The molecule has 3 rings (SSSR count). The average molecular weight is 413 g/mol. The number of benzene rings is 2. The molecule has 0 radical (unpaired) electrons. The van der Waals surface area contributed by atoms with Crippen molar-refractivity contribution in [1.82, 2.24) is 0 Å². The van der Waals surface area contributed by atoms with Gasteiger partial charge in [-0.3, -0.25) is 4.79 Å². The molecule has 1 aromatic heterocycles. The van der Waals surface area contributed by atoms with E-state index in [0.717, 1.165) is 0 Å². The lowest BCUT2D eigenvalue weighted by atomic mass is 10.2. The lowest BCUT2D eigenvalue weighted by molar-refractivity contribution is -0.112. The van der Waals surface area contributed by atoms with Gasteiger partial charge in [0.25, 0.3) is 5.91 Å². The quantitative estimate of drug-likeness (QED) is 0.423. The van der Waals surface area contributed by atoms with E-state index in [4.69, 9.17) is 32.4 Å². The fourth-order valence-electron chi connectivity index (χ4n) is 2.43. The zero-order valence-corrected chi connectivity index (χ0v) is 16.2. The maximum atomic E-state index is 12.4. The Morgan fingerprint density at radius 1 is 1.14 bits per heavy atom. The highest BCUT2D eigenvalue weighted by atomic mass is 35.5. The summed E-state index contributed by atoms with van der Waals surface area (Å²) in [7, 11) is 1.55. The highest BCUT2D eigenvalue weighted by Gasteiger charge is 2.13. The van der Waals surface area contributed by atoms with Crippen LogP contribution in [0.2, 0.25) is 10.0 Å². The molecular formula is C21H14Cl2N2O3. The Kier molecular flexibility index (Phi) is 6.05. The largest absolute Gasteiger partial charge is 0.497 e. The molecule has 140 valence electrons. The van der Waals surface area contributed by atoms with Crippen LogP contribution in [0.3, 0.4) is 0 Å². The number of methoxy groups -OCH3 is 1. The van der Waals surface area contributed by atoms with E-state index >= 15 is 0 Å². The molecule has 0 spiro atoms. The number of furan rings is 1. The van der Waals surface area contributed by atoms with Crippen LogP contribution in [0, 0.1) is 11.3 Å². The molecule has 1 heterocycles. The number of amides is 1. The number of nitriles is 1. The molecule has 0 saturated carbocycles. The van der Waals surface area contributed by atoms with Crippen molar-refractivity contribution in [3.63, 3.8) is 0 Å². The van der Waals surface area contributed by atoms with Crippen LogP contribution in [0.5, 0.6) is 5.75 Å². The number of ether oxygens (including phenoxy) is 1. The van der Waals surface area contributed by atoms with E-state index in [0.29, 0.717) is 38.6 Å². The van der Waals surface area contributed by atoms with Gasteiger partial charge in [-0.05, 0) is 54.6 Å². The molecule has 0 saturated heterocycles. The summed E-state index contributed by atoms with van der Waals surface area (Å²) in [4.78, 5) is 12.4. The van der Waals surface area contributed by atoms with Crippen molar-refractivity contribution in [3.05, 3.63) is 76.0 Å². The topological polar surface area (TPSA) is 75.3 Å². The molecule has 1 N–H and O–H groups in total. The summed E-state index contributed by atoms with van der Waals surface area (Å²) < 4.78 is 10.8. The fraction of sp³-hybridized carbons (Fsp3) is 0.0476. The number of hydrogen-bond acceptors (Lipinski definition) is 4. The Hall–Kier alpha value is -3.20. The minimum absolute atomic E-state index is 0.0982. The first-order valence-corrected chi connectivity index (χ1v) is 8.88. The molecule has 1 amide bonds. The Morgan fingerprint density at radius 3 is 2.54 bits per heavy atom. The normalized spacial score (nSPS) is 11.0. The number of anilines is 1. The van der Waals surface area contributed by atoms with Gasteiger partial charge in [-0.2, -0.15) is 5.26 Å². The van der Waals surface area contributed by atoms with Crippen molar-refractivity contribution in [3.8, 4) is 23.1 Å². The van der Waals surface area contributed by atoms with Gasteiger partial charge in [0.2, 0.25) is 0 Å². The Balaban J connectivity index is 1.79. The third kappa shape index (κ3) is 4.55. The number of rotatable bonds is 5. The molecule has 0 atom stereocenters. The SMILES string of the molecule is COc1ccc(NC(=O)C(C#N)=Cc2ccc(-c3ccc(Cl)cc3Cl)o2)cc1. The summed E-state index contributed by atoms with van der Waals surface area (Å²) in [6, 6.07) is 17.1. The molecule has 7 heteroatoms. The highest BCUT2D eigenvalue weighted by Crippen LogP contribution is 2.32. The van der Waals surface area contributed by atoms with Crippen LogP contribution in [-0.2, 0) is 4.79 Å². The first-order chi connectivity index (χ1) is 13.5. The average Bonchev–Trinajstić information content (AvgIpc) is 3.15. The van der Waals surface area contributed by atoms with Gasteiger partial charge in [-0.25, -0.2) is 0 Å². The van der Waals surface area contributed by atoms with Gasteiger partial charge in [0.1, 0.15) is 28.9 Å². The maximum Gasteiger partial charge on any atom is 0.266 e. The van der Waals surface area contributed by atoms with Crippen molar-refractivity contribution >= 4 is 40.9 Å². The van der Waals surface area contributed by atoms with Crippen LogP contribution < -0.4 is 10.1 Å². The Bertz CT molecular complexity index is 1080. The van der Waals surface area contributed by atoms with E-state index in [-0.39, 0.29) is 5.57 Å². The van der Waals surface area contributed by atoms with Crippen molar-refractivity contribution in [1.29, 1.82) is 5.26 Å². The second kappa shape index (κ2) is 8.66. The van der Waals surface area contributed by atoms with Gasteiger partial charge >= 0.3 is 0 Å². The van der Waals surface area contributed by atoms with Crippen LogP contribution in [0.4, 0.5) is 5.69 Å². The summed E-state index contributed by atoms with van der Waals surface area (Å²) in [6.45, 7) is 0. The van der Waals surface area contributed by atoms with Crippen LogP contribution in [0.1, 0.15) is 5.76 Å². The molecule has 5 nitrogen and oxygen atoms in total. The van der Waals surface area contributed by atoms with Crippen molar-refractivity contribution in [2.45, 2.75) is 0 Å². The summed E-state index contributed by atoms with van der Waals surface area (Å²) in [5.41, 5.74) is 1.10. The first kappa shape index (κ1) is 19.6. The van der Waals surface area contributed by atoms with Crippen LogP contribution in [0.15, 0.2) is 64.6 Å². The smallest absolute Gasteiger partial charge is 0.266 e. The van der Waals surface area contributed by atoms with Crippen molar-refractivity contribution in [2.75, 3.05) is 12.4 Å². The molecule has 28 heavy (non-hydrogen) atoms. The summed E-state index contributed by atoms with van der Waals surface area (Å²) in [5, 5.41) is 13.0. The van der Waals surface area contributed by atoms with E-state index < -0.39 is 5.91 Å². The third-order valence-corrected chi connectivity index (χ3v) is 4.37. The minimum atomic E-state index is -0.546. The summed E-state index contributed by atoms with van der Waals surface area (Å²) >= 11 is 12.1. The van der Waals surface area contributed by atoms with E-state index in [1.54, 1.807) is 61.7 Å². The minimum Gasteiger partial charge on any atom is -0.497 e. The lowest BCUT2D eigenvalue weighted by Crippen LogP contribution is -2.13. The zero-order valence-electron chi connectivity index (χ0n) is 14.7. The zero-order chi connectivity index (χ0) is 20.1. The molecule has 0 bridgehead atoms. The van der Waals surface area contributed by atoms with Gasteiger partial charge in [0.05, 0.1) is 12.1 Å². The number of nitrogens with zero attached hydrogens (tertiary/aromatic N) is 1. The van der Waals surface area contributed by atoms with Gasteiger partial charge in [0.15, 0.2) is 0 Å². The van der Waals surface area contributed by atoms with E-state index in [9.17, 15) is 10.1 Å². The molecule has 0 fully saturated rings. The number of hydrogen-bond donors (Lipinski definition) is 1. The molecule has 0 aliphatic carbocycles. The molecule has 0 aliphatic heterocycles. The predicted octanol–water partition coefficient (Wildman–Crippen LogP) is 5.81. The van der Waals surface area contributed by atoms with Crippen LogP contribution in [0.25, 0.3) is 17.4 Å². The predicted molar refractivity (Wildman–Crippen MR) is 109 cm³/mol. The fourth-order valence-corrected chi connectivity index (χ4v) is 2.93. The second-order valence-electron chi connectivity index (χ2n) is 5.68. The van der Waals surface area contributed by atoms with Gasteiger partial charge in [-0.1, -0.05) is 23.2 Å². The van der Waals surface area contributed by atoms with Gasteiger partial charge in [-0.15, -0.1) is 0 Å². The second-order valence-corrected chi connectivity index (χ2v) is 6.52. The molecular weight excluding hydrogens is 399 g/mol. The van der Waals surface area contributed by atoms with E-state index in [2.05, 4.69) is 5.32 Å². The molecule has 2 aromatic carbocycles. The van der Waals surface area contributed by atoms with Crippen molar-refractivity contribution < 1.29 is 13.9 Å². The molecule has 0 unspecified atom stereocenters. The third-order valence-electron chi connectivity index (χ3n) is 3.82. The monoisotopic (exact) mass is 412 g/mol. The number of nitrogens with one attached hydrogen (secondary N) is 1. The molecule has 3 aromatic rings. The highest BCUT2D eigenvalue weighted by molar-refractivity contribution is 6.36. The summed E-state index contributed by atoms with van der Waals surface area (Å²) in [5.74, 6) is 0.969. The number of carbonyl (C=O) groups excluding carboxylic acids is 1. The lowest BCUT2D eigenvalue weighted by Gasteiger charge is -2.05. The Morgan fingerprint density at radius 2 is 1.89 bits per heavy atom. The van der Waals surface area contributed by atoms with Crippen LogP contribution in [-0.4, -0.2) is 13.0 Å². The van der Waals surface area contributed by atoms with E-state index in [1.807, 2.05) is 6.07 Å². The van der Waals surface area contributed by atoms with E-state index in [1.165, 1.54) is 6.08 Å². The standard InChI is InChI=1S/C21H14Cl2N2O3/c1-27-16-5-3-15(4-6-16)25-21(26)13(12-24)10-17-7-9-20(28-17)18-8-2-14(22)11-19(18)23/h2-11H,1H3,(H,25,26). The first-order valence-electron chi connectivity index (χ1n) is 8.12. The van der Waals surface area contributed by atoms with Gasteiger partial charge in [0, 0.05) is 22.3 Å². The van der Waals surface area contributed by atoms with Gasteiger partial charge < -0.3 is 14.5 Å². The van der Waals surface area contributed by atoms with Crippen molar-refractivity contribution in [2.24, 2.45) is 0 Å². The number of carbonyl (C=O) groups is 1. The summed E-state index contributed by atoms with van der Waals surface area (Å²) in [6.07, 6.45) is 1.37. The molecule has 0 aliphatic rings. The number of halogens is 2.